The van der Waals surface area contributed by atoms with Crippen LogP contribution in [0.15, 0.2) is 24.3 Å². The molecule has 0 aliphatic carbocycles. The Balaban J connectivity index is 2.26. The molecule has 6 nitrogen and oxygen atoms in total. The first-order chi connectivity index (χ1) is 8.02. The quantitative estimate of drug-likeness (QED) is 0.541. The molecular formula is C11H12N2O4. The van der Waals surface area contributed by atoms with Gasteiger partial charge in [0.05, 0.1) is 7.11 Å². The zero-order chi connectivity index (χ0) is 12.6. The number of carbonyl (C=O) groups is 2. The van der Waals surface area contributed by atoms with Crippen molar-refractivity contribution in [3.63, 3.8) is 0 Å². The van der Waals surface area contributed by atoms with E-state index in [0.29, 0.717) is 11.3 Å². The van der Waals surface area contributed by atoms with Crippen LogP contribution in [0.1, 0.15) is 11.7 Å². The number of nitrogens with two attached hydrogens (primary N) is 2. The molecule has 0 bridgehead atoms. The minimum atomic E-state index is -1.70. The molecule has 2 rings (SSSR count). The third kappa shape index (κ3) is 1.62. The molecule has 0 saturated carbocycles. The molecule has 1 fully saturated rings. The highest BCUT2D eigenvalue weighted by atomic mass is 16.6. The second kappa shape index (κ2) is 3.74. The van der Waals surface area contributed by atoms with Gasteiger partial charge in [0.2, 0.25) is 0 Å². The van der Waals surface area contributed by atoms with Gasteiger partial charge in [-0.2, -0.15) is 0 Å². The van der Waals surface area contributed by atoms with Gasteiger partial charge in [0.15, 0.2) is 0 Å². The molecule has 6 heteroatoms. The molecule has 1 saturated heterocycles. The van der Waals surface area contributed by atoms with Crippen molar-refractivity contribution in [1.82, 2.24) is 0 Å². The van der Waals surface area contributed by atoms with Crippen LogP contribution >= 0.6 is 0 Å². The highest BCUT2D eigenvalue weighted by Gasteiger charge is 2.67. The van der Waals surface area contributed by atoms with Gasteiger partial charge in [-0.05, 0) is 17.7 Å². The van der Waals surface area contributed by atoms with E-state index in [2.05, 4.69) is 0 Å². The maximum Gasteiger partial charge on any atom is 0.262 e. The number of hydrogen-bond acceptors (Lipinski definition) is 4. The van der Waals surface area contributed by atoms with Crippen molar-refractivity contribution in [3.05, 3.63) is 29.8 Å². The van der Waals surface area contributed by atoms with Gasteiger partial charge in [0.1, 0.15) is 11.9 Å². The van der Waals surface area contributed by atoms with Crippen LogP contribution in [0.2, 0.25) is 0 Å². The number of epoxide rings is 1. The second-order valence-corrected chi connectivity index (χ2v) is 3.74. The normalized spacial score (nSPS) is 20.6. The molecule has 1 aliphatic heterocycles. The zero-order valence-electron chi connectivity index (χ0n) is 9.17. The third-order valence-electron chi connectivity index (χ3n) is 2.77. The molecule has 0 unspecified atom stereocenters. The summed E-state index contributed by atoms with van der Waals surface area (Å²) in [5.41, 5.74) is 9.21. The van der Waals surface area contributed by atoms with Crippen LogP contribution < -0.4 is 16.2 Å². The first-order valence-corrected chi connectivity index (χ1v) is 4.94. The van der Waals surface area contributed by atoms with Gasteiger partial charge in [-0.1, -0.05) is 12.1 Å². The number of hydrogen-bond donors (Lipinski definition) is 2. The molecule has 2 amide bonds. The summed E-state index contributed by atoms with van der Waals surface area (Å²) < 4.78 is 10.1. The monoisotopic (exact) mass is 236 g/mol. The minimum Gasteiger partial charge on any atom is -0.497 e. The lowest BCUT2D eigenvalue weighted by Crippen LogP contribution is -2.44. The van der Waals surface area contributed by atoms with Crippen LogP contribution in [-0.4, -0.2) is 24.5 Å². The molecule has 4 N–H and O–H groups in total. The molecule has 1 aliphatic rings. The summed E-state index contributed by atoms with van der Waals surface area (Å²) in [5, 5.41) is 0. The summed E-state index contributed by atoms with van der Waals surface area (Å²) in [7, 11) is 1.54. The van der Waals surface area contributed by atoms with Gasteiger partial charge in [0.25, 0.3) is 17.4 Å². The Morgan fingerprint density at radius 1 is 1.24 bits per heavy atom. The topological polar surface area (TPSA) is 108 Å². The van der Waals surface area contributed by atoms with E-state index < -0.39 is 23.5 Å². The summed E-state index contributed by atoms with van der Waals surface area (Å²) in [6.45, 7) is 0. The predicted octanol–water partition coefficient (Wildman–Crippen LogP) is -0.524. The summed E-state index contributed by atoms with van der Waals surface area (Å²) >= 11 is 0. The lowest BCUT2D eigenvalue weighted by Gasteiger charge is -2.04. The van der Waals surface area contributed by atoms with Crippen LogP contribution in [0.25, 0.3) is 0 Å². The highest BCUT2D eigenvalue weighted by molar-refractivity contribution is 6.10. The number of ether oxygens (including phenoxy) is 2. The van der Waals surface area contributed by atoms with Crippen LogP contribution in [0, 0.1) is 0 Å². The van der Waals surface area contributed by atoms with Gasteiger partial charge < -0.3 is 20.9 Å². The van der Waals surface area contributed by atoms with Gasteiger partial charge in [-0.25, -0.2) is 0 Å². The Bertz CT molecular complexity index is 455. The molecule has 90 valence electrons. The SMILES string of the molecule is COc1ccc([C@@H]2OC2(C(N)=O)C(N)=O)cc1. The van der Waals surface area contributed by atoms with Crippen LogP contribution in [0.3, 0.4) is 0 Å². The van der Waals surface area contributed by atoms with Crippen LogP contribution in [0.4, 0.5) is 0 Å². The molecular weight excluding hydrogens is 224 g/mol. The number of benzene rings is 1. The second-order valence-electron chi connectivity index (χ2n) is 3.74. The summed E-state index contributed by atoms with van der Waals surface area (Å²) in [4.78, 5) is 22.4. The van der Waals surface area contributed by atoms with Crippen molar-refractivity contribution >= 4 is 11.8 Å². The van der Waals surface area contributed by atoms with Crippen molar-refractivity contribution in [3.8, 4) is 5.75 Å². The van der Waals surface area contributed by atoms with Crippen molar-refractivity contribution in [1.29, 1.82) is 0 Å². The summed E-state index contributed by atoms with van der Waals surface area (Å²) in [5.74, 6) is -1.07. The largest absolute Gasteiger partial charge is 0.497 e. The van der Waals surface area contributed by atoms with Gasteiger partial charge >= 0.3 is 0 Å². The molecule has 0 aromatic heterocycles. The smallest absolute Gasteiger partial charge is 0.262 e. The maximum absolute atomic E-state index is 11.2. The van der Waals surface area contributed by atoms with Gasteiger partial charge in [-0.15, -0.1) is 0 Å². The standard InChI is InChI=1S/C11H12N2O4/c1-16-7-4-2-6(3-5-7)8-11(17-8,9(12)14)10(13)15/h2-5,8H,1H3,(H2,12,14)(H2,13,15)/t8-/m0/s1. The average molecular weight is 236 g/mol. The van der Waals surface area contributed by atoms with E-state index in [9.17, 15) is 9.59 Å². The van der Waals surface area contributed by atoms with E-state index in [0.717, 1.165) is 0 Å². The fraction of sp³-hybridized carbons (Fsp3) is 0.273. The average Bonchev–Trinajstić information content (AvgIpc) is 3.06. The zero-order valence-corrected chi connectivity index (χ0v) is 9.17. The number of carbonyl (C=O) groups excluding carboxylic acids is 2. The number of methoxy groups -OCH3 is 1. The maximum atomic E-state index is 11.2. The highest BCUT2D eigenvalue weighted by Crippen LogP contribution is 2.49. The van der Waals surface area contributed by atoms with E-state index in [1.54, 1.807) is 31.4 Å². The predicted molar refractivity (Wildman–Crippen MR) is 57.9 cm³/mol. The molecule has 1 atom stereocenters. The first-order valence-electron chi connectivity index (χ1n) is 4.94. The van der Waals surface area contributed by atoms with E-state index in [4.69, 9.17) is 20.9 Å². The van der Waals surface area contributed by atoms with E-state index in [1.165, 1.54) is 0 Å². The lowest BCUT2D eigenvalue weighted by atomic mass is 9.98. The molecule has 1 aromatic rings. The van der Waals surface area contributed by atoms with Crippen molar-refractivity contribution < 1.29 is 19.1 Å². The summed E-state index contributed by atoms with van der Waals surface area (Å²) in [6, 6.07) is 6.78. The van der Waals surface area contributed by atoms with Crippen molar-refractivity contribution in [2.75, 3.05) is 7.11 Å². The minimum absolute atomic E-state index is 0.656. The van der Waals surface area contributed by atoms with E-state index >= 15 is 0 Å². The number of primary amides is 2. The Hall–Kier alpha value is -2.08. The van der Waals surface area contributed by atoms with Crippen molar-refractivity contribution in [2.24, 2.45) is 11.5 Å². The van der Waals surface area contributed by atoms with Crippen LogP contribution in [-0.2, 0) is 14.3 Å². The van der Waals surface area contributed by atoms with Gasteiger partial charge in [-0.3, -0.25) is 9.59 Å². The van der Waals surface area contributed by atoms with E-state index in [1.807, 2.05) is 0 Å². The Kier molecular flexibility index (Phi) is 2.51. The molecule has 1 aromatic carbocycles. The van der Waals surface area contributed by atoms with E-state index in [-0.39, 0.29) is 0 Å². The number of amides is 2. The molecule has 1 heterocycles. The Morgan fingerprint density at radius 2 is 1.76 bits per heavy atom. The molecule has 17 heavy (non-hydrogen) atoms. The van der Waals surface area contributed by atoms with Gasteiger partial charge in [0, 0.05) is 0 Å². The van der Waals surface area contributed by atoms with Crippen LogP contribution in [0.5, 0.6) is 5.75 Å². The first kappa shape index (κ1) is 11.4. The third-order valence-corrected chi connectivity index (χ3v) is 2.77. The fourth-order valence-corrected chi connectivity index (χ4v) is 1.73. The number of rotatable bonds is 4. The Morgan fingerprint density at radius 3 is 2.12 bits per heavy atom. The summed E-state index contributed by atoms with van der Waals surface area (Å²) in [6.07, 6.45) is -0.705. The fourth-order valence-electron chi connectivity index (χ4n) is 1.73. The Labute approximate surface area is 97.5 Å². The van der Waals surface area contributed by atoms with Crippen molar-refractivity contribution in [2.45, 2.75) is 11.7 Å². The molecule has 0 radical (unpaired) electrons. The molecule has 0 spiro atoms. The lowest BCUT2D eigenvalue weighted by molar-refractivity contribution is -0.133.